The number of hydrogen-bond acceptors (Lipinski definition) is 2. The minimum absolute atomic E-state index is 0.437. The topological polar surface area (TPSA) is 26.3 Å². The lowest BCUT2D eigenvalue weighted by atomic mass is 10.1. The molecule has 0 aliphatic carbocycles. The first kappa shape index (κ1) is 13.2. The molecule has 3 heteroatoms. The first-order valence-electron chi connectivity index (χ1n) is 5.43. The number of rotatable bonds is 5. The molecular formula is C13H19O2P. The molecule has 1 rings (SSSR count). The zero-order valence-corrected chi connectivity index (χ0v) is 11.1. The number of aryl methyl sites for hydroxylation is 2. The summed E-state index contributed by atoms with van der Waals surface area (Å²) >= 11 is 0. The lowest BCUT2D eigenvalue weighted by Crippen LogP contribution is -1.93. The van der Waals surface area contributed by atoms with Gasteiger partial charge in [0.25, 0.3) is 0 Å². The molecule has 0 aromatic heterocycles. The van der Waals surface area contributed by atoms with Crippen LogP contribution in [0.1, 0.15) is 23.6 Å². The first-order valence-corrected chi connectivity index (χ1v) is 7.31. The molecule has 0 heterocycles. The second-order valence-electron chi connectivity index (χ2n) is 3.98. The molecule has 2 nitrogen and oxygen atoms in total. The smallest absolute Gasteiger partial charge is 0.228 e. The Balaban J connectivity index is 2.94. The van der Waals surface area contributed by atoms with Crippen LogP contribution in [0, 0.1) is 13.8 Å². The molecule has 0 fully saturated rings. The minimum atomic E-state index is -2.70. The molecule has 88 valence electrons. The zero-order valence-electron chi connectivity index (χ0n) is 10.2. The Labute approximate surface area is 97.8 Å². The summed E-state index contributed by atoms with van der Waals surface area (Å²) in [6.07, 6.45) is 0.437. The van der Waals surface area contributed by atoms with Gasteiger partial charge in [-0.2, -0.15) is 0 Å². The van der Waals surface area contributed by atoms with Gasteiger partial charge in [-0.15, -0.1) is 0 Å². The van der Waals surface area contributed by atoms with Gasteiger partial charge < -0.3 is 4.52 Å². The second kappa shape index (κ2) is 5.47. The van der Waals surface area contributed by atoms with Crippen LogP contribution in [0.4, 0.5) is 0 Å². The summed E-state index contributed by atoms with van der Waals surface area (Å²) in [6.45, 7) is 9.98. The molecule has 0 N–H and O–H groups in total. The Kier molecular flexibility index (Phi) is 4.52. The van der Waals surface area contributed by atoms with Crippen LogP contribution in [-0.4, -0.2) is 6.61 Å². The average Bonchev–Trinajstić information content (AvgIpc) is 2.16. The first-order chi connectivity index (χ1) is 7.49. The molecule has 0 saturated heterocycles. The highest BCUT2D eigenvalue weighted by molar-refractivity contribution is 7.61. The van der Waals surface area contributed by atoms with E-state index in [1.54, 1.807) is 0 Å². The van der Waals surface area contributed by atoms with Crippen LogP contribution in [0.3, 0.4) is 0 Å². The Morgan fingerprint density at radius 1 is 1.31 bits per heavy atom. The van der Waals surface area contributed by atoms with Gasteiger partial charge in [0.15, 0.2) is 0 Å². The van der Waals surface area contributed by atoms with Crippen LogP contribution in [0.5, 0.6) is 0 Å². The Morgan fingerprint density at radius 2 is 1.88 bits per heavy atom. The van der Waals surface area contributed by atoms with E-state index in [9.17, 15) is 4.57 Å². The summed E-state index contributed by atoms with van der Waals surface area (Å²) in [5.41, 5.74) is 3.42. The van der Waals surface area contributed by atoms with Crippen LogP contribution >= 0.6 is 7.37 Å². The van der Waals surface area contributed by atoms with Gasteiger partial charge in [0, 0.05) is 0 Å². The van der Waals surface area contributed by atoms with Crippen LogP contribution in [0.25, 0.3) is 0 Å². The van der Waals surface area contributed by atoms with E-state index in [1.165, 1.54) is 16.9 Å². The lowest BCUT2D eigenvalue weighted by Gasteiger charge is -2.14. The van der Waals surface area contributed by atoms with Crippen molar-refractivity contribution in [2.45, 2.75) is 26.9 Å². The summed E-state index contributed by atoms with van der Waals surface area (Å²) < 4.78 is 17.5. The summed E-state index contributed by atoms with van der Waals surface area (Å²) in [7, 11) is -2.70. The standard InChI is InChI=1S/C13H19O2P/c1-5-15-16(14,6-2)10-13-8-11(3)7-12(4)9-13/h6-9H,2,5,10H2,1,3-4H3. The van der Waals surface area contributed by atoms with Gasteiger partial charge in [-0.3, -0.25) is 4.57 Å². The van der Waals surface area contributed by atoms with Crippen molar-refractivity contribution >= 4 is 7.37 Å². The predicted octanol–water partition coefficient (Wildman–Crippen LogP) is 4.26. The molecule has 0 saturated carbocycles. The molecule has 1 unspecified atom stereocenters. The molecule has 0 spiro atoms. The van der Waals surface area contributed by atoms with Crippen molar-refractivity contribution in [1.29, 1.82) is 0 Å². The normalized spacial score (nSPS) is 14.4. The summed E-state index contributed by atoms with van der Waals surface area (Å²) in [5.74, 6) is 1.45. The third-order valence-electron chi connectivity index (χ3n) is 2.31. The SMILES string of the molecule is C=CP(=O)(Cc1cc(C)cc(C)c1)OCC. The van der Waals surface area contributed by atoms with Crippen molar-refractivity contribution in [3.63, 3.8) is 0 Å². The Bertz CT molecular complexity index is 404. The van der Waals surface area contributed by atoms with Gasteiger partial charge in [0.05, 0.1) is 12.8 Å². The van der Waals surface area contributed by atoms with E-state index in [0.717, 1.165) is 5.56 Å². The Morgan fingerprint density at radius 3 is 2.31 bits per heavy atom. The highest BCUT2D eigenvalue weighted by Crippen LogP contribution is 2.51. The summed E-state index contributed by atoms with van der Waals surface area (Å²) in [6, 6.07) is 6.19. The van der Waals surface area contributed by atoms with E-state index >= 15 is 0 Å². The maximum atomic E-state index is 12.2. The summed E-state index contributed by atoms with van der Waals surface area (Å²) in [4.78, 5) is 0. The molecule has 0 radical (unpaired) electrons. The predicted molar refractivity (Wildman–Crippen MR) is 69.0 cm³/mol. The van der Waals surface area contributed by atoms with Gasteiger partial charge in [-0.1, -0.05) is 35.9 Å². The van der Waals surface area contributed by atoms with Crippen molar-refractivity contribution < 1.29 is 9.09 Å². The number of hydrogen-bond donors (Lipinski definition) is 0. The fraction of sp³-hybridized carbons (Fsp3) is 0.385. The molecular weight excluding hydrogens is 219 g/mol. The van der Waals surface area contributed by atoms with E-state index in [4.69, 9.17) is 4.52 Å². The van der Waals surface area contributed by atoms with Crippen molar-refractivity contribution in [3.8, 4) is 0 Å². The Hall–Kier alpha value is -0.850. The van der Waals surface area contributed by atoms with Crippen molar-refractivity contribution in [3.05, 3.63) is 47.3 Å². The zero-order chi connectivity index (χ0) is 12.2. The van der Waals surface area contributed by atoms with E-state index in [0.29, 0.717) is 12.8 Å². The highest BCUT2D eigenvalue weighted by Gasteiger charge is 2.18. The molecule has 1 atom stereocenters. The van der Waals surface area contributed by atoms with Crippen LogP contribution < -0.4 is 0 Å². The molecule has 0 aliphatic heterocycles. The fourth-order valence-electron chi connectivity index (χ4n) is 1.80. The minimum Gasteiger partial charge on any atom is -0.326 e. The molecule has 1 aromatic rings. The second-order valence-corrected chi connectivity index (χ2v) is 6.37. The van der Waals surface area contributed by atoms with E-state index in [1.807, 2.05) is 32.9 Å². The fourth-order valence-corrected chi connectivity index (χ4v) is 3.25. The third kappa shape index (κ3) is 3.62. The van der Waals surface area contributed by atoms with E-state index in [2.05, 4.69) is 12.6 Å². The molecule has 0 aliphatic rings. The van der Waals surface area contributed by atoms with Gasteiger partial charge in [0.2, 0.25) is 7.37 Å². The van der Waals surface area contributed by atoms with Gasteiger partial charge in [-0.25, -0.2) is 0 Å². The molecule has 0 amide bonds. The maximum absolute atomic E-state index is 12.2. The summed E-state index contributed by atoms with van der Waals surface area (Å²) in [5, 5.41) is 0. The van der Waals surface area contributed by atoms with Crippen molar-refractivity contribution in [2.75, 3.05) is 6.61 Å². The van der Waals surface area contributed by atoms with Gasteiger partial charge in [0.1, 0.15) is 0 Å². The highest BCUT2D eigenvalue weighted by atomic mass is 31.2. The quantitative estimate of drug-likeness (QED) is 0.716. The number of benzene rings is 1. The van der Waals surface area contributed by atoms with Gasteiger partial charge in [-0.05, 0) is 32.2 Å². The largest absolute Gasteiger partial charge is 0.326 e. The van der Waals surface area contributed by atoms with E-state index < -0.39 is 7.37 Å². The van der Waals surface area contributed by atoms with Gasteiger partial charge >= 0.3 is 0 Å². The van der Waals surface area contributed by atoms with Crippen LogP contribution in [0.2, 0.25) is 0 Å². The third-order valence-corrected chi connectivity index (χ3v) is 4.37. The monoisotopic (exact) mass is 238 g/mol. The molecule has 16 heavy (non-hydrogen) atoms. The van der Waals surface area contributed by atoms with Crippen LogP contribution in [-0.2, 0) is 15.3 Å². The maximum Gasteiger partial charge on any atom is 0.228 e. The van der Waals surface area contributed by atoms with Crippen molar-refractivity contribution in [1.82, 2.24) is 0 Å². The van der Waals surface area contributed by atoms with Crippen molar-refractivity contribution in [2.24, 2.45) is 0 Å². The van der Waals surface area contributed by atoms with Crippen LogP contribution in [0.15, 0.2) is 30.6 Å². The molecule has 1 aromatic carbocycles. The van der Waals surface area contributed by atoms with E-state index in [-0.39, 0.29) is 0 Å². The average molecular weight is 238 g/mol. The molecule has 0 bridgehead atoms. The lowest BCUT2D eigenvalue weighted by molar-refractivity contribution is 0.339.